The Labute approximate surface area is 114 Å². The summed E-state index contributed by atoms with van der Waals surface area (Å²) in [5.74, 6) is 5.14. The standard InChI is InChI=1S/C16H20N2O/c17-19-12-11-18(13-15-7-3-1-4-8-15)14-16-9-5-2-6-10-16/h1-10H,11-14,17H2. The minimum absolute atomic E-state index is 0.541. The van der Waals surface area contributed by atoms with Gasteiger partial charge in [0.2, 0.25) is 0 Å². The number of nitrogens with two attached hydrogens (primary N) is 1. The lowest BCUT2D eigenvalue weighted by Gasteiger charge is -2.22. The van der Waals surface area contributed by atoms with Crippen molar-refractivity contribution in [3.05, 3.63) is 71.8 Å². The maximum Gasteiger partial charge on any atom is 0.0806 e. The minimum atomic E-state index is 0.541. The highest BCUT2D eigenvalue weighted by atomic mass is 16.6. The van der Waals surface area contributed by atoms with E-state index in [4.69, 9.17) is 10.7 Å². The van der Waals surface area contributed by atoms with Gasteiger partial charge in [0.25, 0.3) is 0 Å². The largest absolute Gasteiger partial charge is 0.303 e. The Bertz CT molecular complexity index is 417. The molecule has 0 aliphatic rings. The molecule has 0 aromatic heterocycles. The molecule has 0 saturated heterocycles. The van der Waals surface area contributed by atoms with Crippen LogP contribution in [-0.4, -0.2) is 18.1 Å². The predicted molar refractivity (Wildman–Crippen MR) is 77.1 cm³/mol. The summed E-state index contributed by atoms with van der Waals surface area (Å²) in [6.45, 7) is 3.16. The first kappa shape index (κ1) is 13.7. The van der Waals surface area contributed by atoms with Crippen molar-refractivity contribution >= 4 is 0 Å². The molecule has 2 N–H and O–H groups in total. The lowest BCUT2D eigenvalue weighted by Crippen LogP contribution is -2.27. The average molecular weight is 256 g/mol. The Balaban J connectivity index is 1.99. The molecule has 0 saturated carbocycles. The zero-order valence-corrected chi connectivity index (χ0v) is 11.0. The van der Waals surface area contributed by atoms with E-state index in [2.05, 4.69) is 53.4 Å². The smallest absolute Gasteiger partial charge is 0.0806 e. The third-order valence-electron chi connectivity index (χ3n) is 3.02. The van der Waals surface area contributed by atoms with E-state index in [0.29, 0.717) is 6.61 Å². The second-order valence-electron chi connectivity index (χ2n) is 4.55. The maximum absolute atomic E-state index is 5.14. The van der Waals surface area contributed by atoms with Gasteiger partial charge in [-0.15, -0.1) is 0 Å². The van der Waals surface area contributed by atoms with Crippen LogP contribution in [-0.2, 0) is 17.9 Å². The molecule has 0 atom stereocenters. The van der Waals surface area contributed by atoms with Gasteiger partial charge in [-0.1, -0.05) is 60.7 Å². The molecule has 0 heterocycles. The van der Waals surface area contributed by atoms with Crippen molar-refractivity contribution < 1.29 is 4.84 Å². The first-order chi connectivity index (χ1) is 9.38. The van der Waals surface area contributed by atoms with Crippen LogP contribution in [0.5, 0.6) is 0 Å². The second kappa shape index (κ2) is 7.69. The molecule has 100 valence electrons. The van der Waals surface area contributed by atoms with Gasteiger partial charge in [0.1, 0.15) is 0 Å². The molecule has 0 radical (unpaired) electrons. The fraction of sp³-hybridized carbons (Fsp3) is 0.250. The van der Waals surface area contributed by atoms with Crippen LogP contribution < -0.4 is 5.90 Å². The van der Waals surface area contributed by atoms with Crippen molar-refractivity contribution in [2.75, 3.05) is 13.2 Å². The summed E-state index contributed by atoms with van der Waals surface area (Å²) in [7, 11) is 0. The molecule has 2 aromatic carbocycles. The van der Waals surface area contributed by atoms with Crippen molar-refractivity contribution in [2.24, 2.45) is 5.90 Å². The summed E-state index contributed by atoms with van der Waals surface area (Å²) in [6.07, 6.45) is 0. The van der Waals surface area contributed by atoms with Crippen LogP contribution in [0, 0.1) is 0 Å². The van der Waals surface area contributed by atoms with E-state index in [1.165, 1.54) is 11.1 Å². The second-order valence-corrected chi connectivity index (χ2v) is 4.55. The van der Waals surface area contributed by atoms with Gasteiger partial charge in [-0.2, -0.15) is 0 Å². The summed E-state index contributed by atoms with van der Waals surface area (Å²) in [6, 6.07) is 20.9. The Morgan fingerprint density at radius 1 is 0.789 bits per heavy atom. The summed E-state index contributed by atoms with van der Waals surface area (Å²) in [5.41, 5.74) is 2.60. The quantitative estimate of drug-likeness (QED) is 0.774. The molecule has 0 aliphatic heterocycles. The average Bonchev–Trinajstić information content (AvgIpc) is 2.47. The van der Waals surface area contributed by atoms with E-state index in [1.54, 1.807) is 0 Å². The molecule has 0 spiro atoms. The van der Waals surface area contributed by atoms with Gasteiger partial charge < -0.3 is 4.84 Å². The number of nitrogens with zero attached hydrogens (tertiary/aromatic N) is 1. The fourth-order valence-corrected chi connectivity index (χ4v) is 2.08. The van der Waals surface area contributed by atoms with Crippen molar-refractivity contribution in [3.8, 4) is 0 Å². The molecule has 3 nitrogen and oxygen atoms in total. The van der Waals surface area contributed by atoms with Gasteiger partial charge in [-0.05, 0) is 11.1 Å². The number of benzene rings is 2. The van der Waals surface area contributed by atoms with Crippen LogP contribution in [0.25, 0.3) is 0 Å². The Morgan fingerprint density at radius 3 is 1.68 bits per heavy atom. The molecule has 0 unspecified atom stereocenters. The van der Waals surface area contributed by atoms with Crippen LogP contribution in [0.1, 0.15) is 11.1 Å². The van der Waals surface area contributed by atoms with E-state index in [0.717, 1.165) is 19.6 Å². The number of rotatable bonds is 7. The van der Waals surface area contributed by atoms with Gasteiger partial charge in [-0.3, -0.25) is 4.90 Å². The fourth-order valence-electron chi connectivity index (χ4n) is 2.08. The Hall–Kier alpha value is -1.68. The topological polar surface area (TPSA) is 38.5 Å². The molecule has 2 aromatic rings. The van der Waals surface area contributed by atoms with Gasteiger partial charge in [0.05, 0.1) is 6.61 Å². The molecular weight excluding hydrogens is 236 g/mol. The number of hydrogen-bond acceptors (Lipinski definition) is 3. The summed E-state index contributed by atoms with van der Waals surface area (Å²) in [4.78, 5) is 7.04. The van der Waals surface area contributed by atoms with Gasteiger partial charge >= 0.3 is 0 Å². The van der Waals surface area contributed by atoms with E-state index in [1.807, 2.05) is 12.1 Å². The van der Waals surface area contributed by atoms with Crippen LogP contribution in [0.4, 0.5) is 0 Å². The van der Waals surface area contributed by atoms with E-state index < -0.39 is 0 Å². The van der Waals surface area contributed by atoms with E-state index >= 15 is 0 Å². The van der Waals surface area contributed by atoms with Gasteiger partial charge in [0.15, 0.2) is 0 Å². The lowest BCUT2D eigenvalue weighted by atomic mass is 10.1. The first-order valence-corrected chi connectivity index (χ1v) is 6.50. The maximum atomic E-state index is 5.14. The SMILES string of the molecule is NOCCN(Cc1ccccc1)Cc1ccccc1. The van der Waals surface area contributed by atoms with E-state index in [9.17, 15) is 0 Å². The van der Waals surface area contributed by atoms with Crippen LogP contribution in [0.3, 0.4) is 0 Å². The monoisotopic (exact) mass is 256 g/mol. The zero-order valence-electron chi connectivity index (χ0n) is 11.0. The Kier molecular flexibility index (Phi) is 5.56. The molecule has 0 fully saturated rings. The first-order valence-electron chi connectivity index (χ1n) is 6.50. The highest BCUT2D eigenvalue weighted by Gasteiger charge is 2.06. The van der Waals surface area contributed by atoms with E-state index in [-0.39, 0.29) is 0 Å². The molecule has 2 rings (SSSR count). The third kappa shape index (κ3) is 4.83. The van der Waals surface area contributed by atoms with Crippen LogP contribution >= 0.6 is 0 Å². The van der Waals surface area contributed by atoms with Crippen molar-refractivity contribution in [1.82, 2.24) is 4.90 Å². The number of hydrogen-bond donors (Lipinski definition) is 1. The highest BCUT2D eigenvalue weighted by molar-refractivity contribution is 5.17. The summed E-state index contributed by atoms with van der Waals surface area (Å²) < 4.78 is 0. The van der Waals surface area contributed by atoms with Crippen LogP contribution in [0.2, 0.25) is 0 Å². The van der Waals surface area contributed by atoms with Crippen molar-refractivity contribution in [3.63, 3.8) is 0 Å². The molecule has 19 heavy (non-hydrogen) atoms. The minimum Gasteiger partial charge on any atom is -0.303 e. The van der Waals surface area contributed by atoms with Crippen molar-refractivity contribution in [1.29, 1.82) is 0 Å². The normalized spacial score (nSPS) is 10.8. The molecular formula is C16H20N2O. The molecule has 3 heteroatoms. The third-order valence-corrected chi connectivity index (χ3v) is 3.02. The molecule has 0 aliphatic carbocycles. The van der Waals surface area contributed by atoms with Crippen LogP contribution in [0.15, 0.2) is 60.7 Å². The summed E-state index contributed by atoms with van der Waals surface area (Å²) in [5, 5.41) is 0. The zero-order chi connectivity index (χ0) is 13.3. The predicted octanol–water partition coefficient (Wildman–Crippen LogP) is 2.58. The van der Waals surface area contributed by atoms with Crippen molar-refractivity contribution in [2.45, 2.75) is 13.1 Å². The van der Waals surface area contributed by atoms with Gasteiger partial charge in [-0.25, -0.2) is 5.90 Å². The van der Waals surface area contributed by atoms with Gasteiger partial charge in [0, 0.05) is 19.6 Å². The summed E-state index contributed by atoms with van der Waals surface area (Å²) >= 11 is 0. The Morgan fingerprint density at radius 2 is 1.26 bits per heavy atom. The highest BCUT2D eigenvalue weighted by Crippen LogP contribution is 2.09. The molecule has 0 bridgehead atoms. The lowest BCUT2D eigenvalue weighted by molar-refractivity contribution is 0.100. The molecule has 0 amide bonds.